The fourth-order valence-corrected chi connectivity index (χ4v) is 13.9. The highest BCUT2D eigenvalue weighted by molar-refractivity contribution is 7.97. The summed E-state index contributed by atoms with van der Waals surface area (Å²) in [5.74, 6) is 5.09. The standard InChI is InChI=1S/C78H135O6S/c1-7-13-19-25-31-37-43-52-60-79-70-66-73(81-62-54-45-39-33-27-21-15-9-3)77(74(67-70)82-63-55-46-40-34-28-22-16-10-4)85(72-58-50-49-51-59-72)78-75(83-64-56-47-41-35-29-23-17-11-5)68-71(80-61-53-44-38-32-26-20-14-8-2)69-76(78)84-65-57-48-42-36-30-24-18-12-6/h49-51,58-59,66-69H,7-48,52-57,60-65H2,1-6H3/q+1. The molecular weight excluding hydrogens is 1060 g/mol. The molecule has 0 aliphatic rings. The van der Waals surface area contributed by atoms with Crippen molar-refractivity contribution in [3.63, 3.8) is 0 Å². The second kappa shape index (κ2) is 56.1. The third-order valence-electron chi connectivity index (χ3n) is 16.9. The minimum atomic E-state index is -0.771. The predicted octanol–water partition coefficient (Wildman–Crippen LogP) is 25.9. The number of benzene rings is 3. The van der Waals surface area contributed by atoms with Gasteiger partial charge >= 0.3 is 0 Å². The van der Waals surface area contributed by atoms with Crippen LogP contribution in [-0.4, -0.2) is 39.6 Å². The molecule has 0 amide bonds. The van der Waals surface area contributed by atoms with Crippen molar-refractivity contribution < 1.29 is 28.4 Å². The Morgan fingerprint density at radius 3 is 0.624 bits per heavy atom. The molecule has 0 saturated carbocycles. The van der Waals surface area contributed by atoms with Gasteiger partial charge in [0.2, 0.25) is 0 Å². The van der Waals surface area contributed by atoms with Gasteiger partial charge in [-0.3, -0.25) is 0 Å². The lowest BCUT2D eigenvalue weighted by atomic mass is 10.1. The highest BCUT2D eigenvalue weighted by Crippen LogP contribution is 2.51. The average Bonchev–Trinajstić information content (AvgIpc) is 1.44. The van der Waals surface area contributed by atoms with Gasteiger partial charge in [0.1, 0.15) is 22.4 Å². The summed E-state index contributed by atoms with van der Waals surface area (Å²) >= 11 is 0. The Morgan fingerprint density at radius 1 is 0.224 bits per heavy atom. The summed E-state index contributed by atoms with van der Waals surface area (Å²) in [6.45, 7) is 17.7. The Kier molecular flexibility index (Phi) is 50.2. The van der Waals surface area contributed by atoms with Crippen LogP contribution in [-0.2, 0) is 10.9 Å². The van der Waals surface area contributed by atoms with Gasteiger partial charge in [-0.1, -0.05) is 329 Å². The summed E-state index contributed by atoms with van der Waals surface area (Å²) < 4.78 is 42.6. The van der Waals surface area contributed by atoms with Crippen LogP contribution in [0.15, 0.2) is 69.3 Å². The zero-order chi connectivity index (χ0) is 60.6. The highest BCUT2D eigenvalue weighted by Gasteiger charge is 2.43. The molecule has 0 fully saturated rings. The molecule has 0 spiro atoms. The number of rotatable bonds is 63. The van der Waals surface area contributed by atoms with E-state index < -0.39 is 10.9 Å². The van der Waals surface area contributed by atoms with Gasteiger partial charge in [0.05, 0.1) is 39.6 Å². The molecule has 0 unspecified atom stereocenters. The topological polar surface area (TPSA) is 55.4 Å². The summed E-state index contributed by atoms with van der Waals surface area (Å²) in [6.07, 6.45) is 60.3. The van der Waals surface area contributed by atoms with Gasteiger partial charge < -0.3 is 28.4 Å². The van der Waals surface area contributed by atoms with Crippen molar-refractivity contribution in [1.29, 1.82) is 0 Å². The van der Waals surface area contributed by atoms with Crippen molar-refractivity contribution in [2.75, 3.05) is 39.6 Å². The van der Waals surface area contributed by atoms with Crippen LogP contribution in [0.4, 0.5) is 0 Å². The van der Waals surface area contributed by atoms with Gasteiger partial charge in [-0.05, 0) is 50.7 Å². The van der Waals surface area contributed by atoms with E-state index in [2.05, 4.69) is 96.1 Å². The van der Waals surface area contributed by atoms with Gasteiger partial charge in [0, 0.05) is 24.3 Å². The largest absolute Gasteiger partial charge is 0.493 e. The fraction of sp³-hybridized carbons (Fsp3) is 0.769. The quantitative estimate of drug-likeness (QED) is 0.0415. The molecule has 0 atom stereocenters. The first-order valence-electron chi connectivity index (χ1n) is 37.0. The fourth-order valence-electron chi connectivity index (χ4n) is 11.5. The average molecular weight is 1200 g/mol. The smallest absolute Gasteiger partial charge is 0.250 e. The lowest BCUT2D eigenvalue weighted by molar-refractivity contribution is 0.263. The molecule has 3 aromatic carbocycles. The van der Waals surface area contributed by atoms with Gasteiger partial charge in [-0.15, -0.1) is 0 Å². The maximum absolute atomic E-state index is 7.25. The second-order valence-electron chi connectivity index (χ2n) is 25.1. The van der Waals surface area contributed by atoms with E-state index in [9.17, 15) is 0 Å². The SMILES string of the molecule is CCCCCCCCCCOc1cc(OCCCCCCCCCC)c([S+](c2ccccc2)c2c(OCCCCCCCCCC)cc(OCCCCCCCCCC)cc2OCCCCCCCCCC)c(OCCCCCCCCCC)c1. The van der Waals surface area contributed by atoms with E-state index in [1.807, 2.05) is 0 Å². The molecule has 3 aromatic rings. The van der Waals surface area contributed by atoms with E-state index in [4.69, 9.17) is 28.4 Å². The molecule has 488 valence electrons. The normalized spacial score (nSPS) is 11.5. The van der Waals surface area contributed by atoms with Gasteiger partial charge in [-0.2, -0.15) is 0 Å². The monoisotopic (exact) mass is 1200 g/mol. The lowest BCUT2D eigenvalue weighted by Crippen LogP contribution is -2.15. The van der Waals surface area contributed by atoms with Crippen molar-refractivity contribution in [2.45, 2.75) is 364 Å². The Hall–Kier alpha value is -3.19. The number of ether oxygens (including phenoxy) is 6. The first-order valence-corrected chi connectivity index (χ1v) is 38.3. The Labute approximate surface area is 529 Å². The summed E-state index contributed by atoms with van der Waals surface area (Å²) in [5.41, 5.74) is 0. The van der Waals surface area contributed by atoms with E-state index in [-0.39, 0.29) is 0 Å². The van der Waals surface area contributed by atoms with Crippen LogP contribution in [0.3, 0.4) is 0 Å². The molecule has 0 aliphatic carbocycles. The van der Waals surface area contributed by atoms with Crippen molar-refractivity contribution >= 4 is 10.9 Å². The minimum Gasteiger partial charge on any atom is -0.493 e. The van der Waals surface area contributed by atoms with Crippen LogP contribution in [0.1, 0.15) is 350 Å². The van der Waals surface area contributed by atoms with E-state index in [1.54, 1.807) is 0 Å². The van der Waals surface area contributed by atoms with Crippen molar-refractivity contribution in [3.05, 3.63) is 54.6 Å². The predicted molar refractivity (Wildman–Crippen MR) is 370 cm³/mol. The summed E-state index contributed by atoms with van der Waals surface area (Å²) in [4.78, 5) is 3.31. The maximum Gasteiger partial charge on any atom is 0.250 e. The maximum atomic E-state index is 7.25. The molecule has 0 N–H and O–H groups in total. The Morgan fingerprint density at radius 2 is 0.412 bits per heavy atom. The number of unbranched alkanes of at least 4 members (excludes halogenated alkanes) is 42. The number of hydrogen-bond donors (Lipinski definition) is 0. The Bertz CT molecular complexity index is 1720. The van der Waals surface area contributed by atoms with Crippen LogP contribution in [0, 0.1) is 0 Å². The highest BCUT2D eigenvalue weighted by atomic mass is 32.2. The van der Waals surface area contributed by atoms with Crippen LogP contribution in [0.2, 0.25) is 0 Å². The summed E-state index contributed by atoms with van der Waals surface area (Å²) in [7, 11) is -0.771. The Balaban J connectivity index is 2.23. The first kappa shape index (κ1) is 76.1. The number of hydrogen-bond acceptors (Lipinski definition) is 6. The molecule has 3 rings (SSSR count). The van der Waals surface area contributed by atoms with E-state index in [0.29, 0.717) is 39.6 Å². The molecule has 85 heavy (non-hydrogen) atoms. The second-order valence-corrected chi connectivity index (χ2v) is 27.0. The first-order chi connectivity index (χ1) is 42.1. The van der Waals surface area contributed by atoms with Crippen LogP contribution >= 0.6 is 0 Å². The lowest BCUT2D eigenvalue weighted by Gasteiger charge is -2.22. The molecular formula is C78H135O6S+. The third-order valence-corrected chi connectivity index (χ3v) is 19.3. The van der Waals surface area contributed by atoms with Gasteiger partial charge in [0.15, 0.2) is 27.9 Å². The molecule has 0 heterocycles. The van der Waals surface area contributed by atoms with E-state index >= 15 is 0 Å². The molecule has 7 heteroatoms. The van der Waals surface area contributed by atoms with E-state index in [0.717, 1.165) is 108 Å². The zero-order valence-electron chi connectivity index (χ0n) is 56.7. The van der Waals surface area contributed by atoms with Crippen LogP contribution in [0.5, 0.6) is 34.5 Å². The van der Waals surface area contributed by atoms with Crippen LogP contribution < -0.4 is 28.4 Å². The molecule has 0 aliphatic heterocycles. The van der Waals surface area contributed by atoms with Crippen molar-refractivity contribution in [2.24, 2.45) is 0 Å². The summed E-state index contributed by atoms with van der Waals surface area (Å²) in [6, 6.07) is 20.0. The van der Waals surface area contributed by atoms with Gasteiger partial charge in [0.25, 0.3) is 9.79 Å². The molecule has 0 radical (unpaired) electrons. The zero-order valence-corrected chi connectivity index (χ0v) is 57.6. The molecule has 0 saturated heterocycles. The summed E-state index contributed by atoms with van der Waals surface area (Å²) in [5, 5.41) is 0. The molecule has 0 aromatic heterocycles. The van der Waals surface area contributed by atoms with Crippen molar-refractivity contribution in [1.82, 2.24) is 0 Å². The van der Waals surface area contributed by atoms with Gasteiger partial charge in [-0.25, -0.2) is 0 Å². The third kappa shape index (κ3) is 38.1. The van der Waals surface area contributed by atoms with Crippen LogP contribution in [0.25, 0.3) is 0 Å². The van der Waals surface area contributed by atoms with E-state index in [1.165, 1.54) is 249 Å². The molecule has 0 bridgehead atoms. The minimum absolute atomic E-state index is 0.641. The molecule has 6 nitrogen and oxygen atoms in total. The van der Waals surface area contributed by atoms with Crippen molar-refractivity contribution in [3.8, 4) is 34.5 Å².